The van der Waals surface area contributed by atoms with Gasteiger partial charge in [0.2, 0.25) is 0 Å². The number of aliphatic hydroxyl groups is 1. The Bertz CT molecular complexity index is 568. The lowest BCUT2D eigenvalue weighted by molar-refractivity contribution is 0.132. The molecule has 3 N–H and O–H groups in total. The van der Waals surface area contributed by atoms with Crippen LogP contribution in [0.1, 0.15) is 16.7 Å². The van der Waals surface area contributed by atoms with Gasteiger partial charge in [-0.15, -0.1) is 0 Å². The summed E-state index contributed by atoms with van der Waals surface area (Å²) in [5, 5.41) is 9.64. The lowest BCUT2D eigenvalue weighted by Crippen LogP contribution is -2.46. The van der Waals surface area contributed by atoms with Crippen LogP contribution in [0.5, 0.6) is 5.75 Å². The van der Waals surface area contributed by atoms with E-state index in [0.29, 0.717) is 0 Å². The second kappa shape index (κ2) is 6.07. The third-order valence-corrected chi connectivity index (χ3v) is 3.46. The minimum atomic E-state index is -0.891. The van der Waals surface area contributed by atoms with Gasteiger partial charge < -0.3 is 15.6 Å². The van der Waals surface area contributed by atoms with Gasteiger partial charge >= 0.3 is 0 Å². The Labute approximate surface area is 120 Å². The third-order valence-electron chi connectivity index (χ3n) is 3.46. The zero-order valence-corrected chi connectivity index (χ0v) is 12.0. The molecule has 0 saturated carbocycles. The molecule has 2 rings (SSSR count). The molecule has 0 spiro atoms. The first-order valence-electron chi connectivity index (χ1n) is 6.70. The maximum Gasteiger partial charge on any atom is 0.122 e. The van der Waals surface area contributed by atoms with Crippen molar-refractivity contribution in [1.29, 1.82) is 0 Å². The predicted octanol–water partition coefficient (Wildman–Crippen LogP) is 2.53. The lowest BCUT2D eigenvalue weighted by Gasteiger charge is -2.28. The average molecular weight is 271 g/mol. The van der Waals surface area contributed by atoms with Gasteiger partial charge in [-0.1, -0.05) is 42.5 Å². The number of hydrogen-bond acceptors (Lipinski definition) is 3. The Morgan fingerprint density at radius 2 is 1.80 bits per heavy atom. The van der Waals surface area contributed by atoms with Gasteiger partial charge in [0, 0.05) is 0 Å². The van der Waals surface area contributed by atoms with Gasteiger partial charge in [-0.05, 0) is 36.6 Å². The zero-order chi connectivity index (χ0) is 14.6. The first-order chi connectivity index (χ1) is 9.55. The fourth-order valence-corrected chi connectivity index (χ4v) is 2.06. The fourth-order valence-electron chi connectivity index (χ4n) is 2.06. The number of nitrogens with two attached hydrogens (primary N) is 1. The molecule has 0 amide bonds. The van der Waals surface area contributed by atoms with Gasteiger partial charge in [-0.3, -0.25) is 0 Å². The number of hydrogen-bond donors (Lipinski definition) is 2. The van der Waals surface area contributed by atoms with E-state index in [4.69, 9.17) is 10.5 Å². The van der Waals surface area contributed by atoms with E-state index < -0.39 is 5.54 Å². The topological polar surface area (TPSA) is 55.5 Å². The highest BCUT2D eigenvalue weighted by Crippen LogP contribution is 2.23. The zero-order valence-electron chi connectivity index (χ0n) is 12.0. The number of aliphatic hydroxyl groups excluding tert-OH is 1. The highest BCUT2D eigenvalue weighted by Gasteiger charge is 2.27. The summed E-state index contributed by atoms with van der Waals surface area (Å²) >= 11 is 0. The summed E-state index contributed by atoms with van der Waals surface area (Å²) in [6.45, 7) is 4.08. The predicted molar refractivity (Wildman–Crippen MR) is 80.8 cm³/mol. The largest absolute Gasteiger partial charge is 0.491 e. The van der Waals surface area contributed by atoms with Crippen molar-refractivity contribution >= 4 is 0 Å². The molecule has 0 heterocycles. The van der Waals surface area contributed by atoms with Crippen LogP contribution < -0.4 is 10.5 Å². The van der Waals surface area contributed by atoms with Crippen LogP contribution in [0.2, 0.25) is 0 Å². The Balaban J connectivity index is 2.17. The normalized spacial score (nSPS) is 13.8. The highest BCUT2D eigenvalue weighted by molar-refractivity contribution is 5.36. The van der Waals surface area contributed by atoms with Crippen LogP contribution in [-0.4, -0.2) is 18.3 Å². The molecule has 20 heavy (non-hydrogen) atoms. The van der Waals surface area contributed by atoms with Crippen molar-refractivity contribution in [2.75, 3.05) is 13.2 Å². The quantitative estimate of drug-likeness (QED) is 0.878. The Morgan fingerprint density at radius 3 is 2.45 bits per heavy atom. The van der Waals surface area contributed by atoms with Gasteiger partial charge in [-0.2, -0.15) is 0 Å². The fraction of sp³-hybridized carbons (Fsp3) is 0.294. The van der Waals surface area contributed by atoms with Gasteiger partial charge in [0.25, 0.3) is 0 Å². The van der Waals surface area contributed by atoms with Gasteiger partial charge in [0.1, 0.15) is 12.4 Å². The van der Waals surface area contributed by atoms with E-state index in [-0.39, 0.29) is 13.2 Å². The molecule has 0 aliphatic rings. The second-order valence-corrected chi connectivity index (χ2v) is 5.24. The van der Waals surface area contributed by atoms with Crippen molar-refractivity contribution < 1.29 is 9.84 Å². The molecule has 1 atom stereocenters. The van der Waals surface area contributed by atoms with E-state index in [1.807, 2.05) is 62.4 Å². The molecule has 0 fully saturated rings. The van der Waals surface area contributed by atoms with Crippen LogP contribution in [0.4, 0.5) is 0 Å². The standard InChI is InChI=1S/C17H21NO2/c1-13-8-9-14(2)16(10-13)20-12-17(18,11-19)15-6-4-3-5-7-15/h3-10,19H,11-12,18H2,1-2H3. The van der Waals surface area contributed by atoms with E-state index in [2.05, 4.69) is 0 Å². The summed E-state index contributed by atoms with van der Waals surface area (Å²) in [4.78, 5) is 0. The summed E-state index contributed by atoms with van der Waals surface area (Å²) < 4.78 is 5.84. The summed E-state index contributed by atoms with van der Waals surface area (Å²) in [5.74, 6) is 0.809. The first-order valence-corrected chi connectivity index (χ1v) is 6.70. The Kier molecular flexibility index (Phi) is 4.42. The van der Waals surface area contributed by atoms with Crippen molar-refractivity contribution in [2.45, 2.75) is 19.4 Å². The molecule has 0 aliphatic carbocycles. The molecule has 3 heteroatoms. The van der Waals surface area contributed by atoms with Crippen LogP contribution in [0.15, 0.2) is 48.5 Å². The Hall–Kier alpha value is -1.84. The van der Waals surface area contributed by atoms with Crippen LogP contribution in [-0.2, 0) is 5.54 Å². The average Bonchev–Trinajstić information content (AvgIpc) is 2.49. The third kappa shape index (κ3) is 3.18. The molecule has 0 saturated heterocycles. The van der Waals surface area contributed by atoms with Crippen molar-refractivity contribution in [3.8, 4) is 5.75 Å². The van der Waals surface area contributed by atoms with Crippen molar-refractivity contribution in [3.63, 3.8) is 0 Å². The SMILES string of the molecule is Cc1ccc(C)c(OCC(N)(CO)c2ccccc2)c1. The number of benzene rings is 2. The summed E-state index contributed by atoms with van der Waals surface area (Å²) in [6, 6.07) is 15.6. The maximum absolute atomic E-state index is 9.64. The van der Waals surface area contributed by atoms with Gasteiger partial charge in [0.05, 0.1) is 12.1 Å². The van der Waals surface area contributed by atoms with Crippen molar-refractivity contribution in [1.82, 2.24) is 0 Å². The Morgan fingerprint density at radius 1 is 1.10 bits per heavy atom. The van der Waals surface area contributed by atoms with Crippen LogP contribution >= 0.6 is 0 Å². The molecular formula is C17H21NO2. The summed E-state index contributed by atoms with van der Waals surface area (Å²) in [7, 11) is 0. The molecule has 2 aromatic rings. The van der Waals surface area contributed by atoms with E-state index in [1.54, 1.807) is 0 Å². The maximum atomic E-state index is 9.64. The molecule has 2 aromatic carbocycles. The highest BCUT2D eigenvalue weighted by atomic mass is 16.5. The van der Waals surface area contributed by atoms with E-state index in [9.17, 15) is 5.11 Å². The lowest BCUT2D eigenvalue weighted by atomic mass is 9.93. The van der Waals surface area contributed by atoms with Crippen molar-refractivity contribution in [3.05, 3.63) is 65.2 Å². The number of ether oxygens (including phenoxy) is 1. The smallest absolute Gasteiger partial charge is 0.122 e. The number of rotatable bonds is 5. The van der Waals surface area contributed by atoms with Crippen LogP contribution in [0, 0.1) is 13.8 Å². The molecule has 1 unspecified atom stereocenters. The minimum Gasteiger partial charge on any atom is -0.491 e. The van der Waals surface area contributed by atoms with E-state index in [1.165, 1.54) is 0 Å². The monoisotopic (exact) mass is 271 g/mol. The van der Waals surface area contributed by atoms with E-state index in [0.717, 1.165) is 22.4 Å². The van der Waals surface area contributed by atoms with Crippen molar-refractivity contribution in [2.24, 2.45) is 5.73 Å². The van der Waals surface area contributed by atoms with E-state index >= 15 is 0 Å². The molecular weight excluding hydrogens is 250 g/mol. The molecule has 106 valence electrons. The first kappa shape index (κ1) is 14.6. The molecule has 0 radical (unpaired) electrons. The second-order valence-electron chi connectivity index (χ2n) is 5.24. The molecule has 3 nitrogen and oxygen atoms in total. The summed E-state index contributed by atoms with van der Waals surface area (Å²) in [6.07, 6.45) is 0. The minimum absolute atomic E-state index is 0.165. The summed E-state index contributed by atoms with van der Waals surface area (Å²) in [5.41, 5.74) is 8.45. The van der Waals surface area contributed by atoms with Gasteiger partial charge in [0.15, 0.2) is 0 Å². The molecule has 0 aliphatic heterocycles. The van der Waals surface area contributed by atoms with Gasteiger partial charge in [-0.25, -0.2) is 0 Å². The van der Waals surface area contributed by atoms with Crippen LogP contribution in [0.25, 0.3) is 0 Å². The molecule has 0 bridgehead atoms. The molecule has 0 aromatic heterocycles. The number of aryl methyl sites for hydroxylation is 2. The van der Waals surface area contributed by atoms with Crippen LogP contribution in [0.3, 0.4) is 0 Å².